The van der Waals surface area contributed by atoms with Gasteiger partial charge < -0.3 is 92.2 Å². The van der Waals surface area contributed by atoms with Gasteiger partial charge in [-0.15, -0.1) is 37.9 Å². The number of benzene rings is 14. The van der Waals surface area contributed by atoms with Crippen LogP contribution in [-0.4, -0.2) is 153 Å². The highest BCUT2D eigenvalue weighted by atomic mass is 32.1. The number of carboxylic acid groups (broad SMARTS) is 4. The molecule has 0 saturated heterocycles. The lowest BCUT2D eigenvalue weighted by Crippen LogP contribution is -2.14. The van der Waals surface area contributed by atoms with Gasteiger partial charge in [-0.1, -0.05) is 121 Å². The molecule has 32 heteroatoms. The van der Waals surface area contributed by atoms with Gasteiger partial charge in [-0.25, -0.2) is 19.2 Å². The second-order valence-electron chi connectivity index (χ2n) is 28.3. The van der Waals surface area contributed by atoms with E-state index >= 15 is 0 Å². The lowest BCUT2D eigenvalue weighted by molar-refractivity contribution is 0.0683. The smallest absolute Gasteiger partial charge is 0.336 e. The van der Waals surface area contributed by atoms with E-state index in [-0.39, 0.29) is 159 Å². The van der Waals surface area contributed by atoms with Crippen molar-refractivity contribution in [3.63, 3.8) is 0 Å². The lowest BCUT2D eigenvalue weighted by Gasteiger charge is -2.19. The zero-order chi connectivity index (χ0) is 95.5. The van der Waals surface area contributed by atoms with Crippen molar-refractivity contribution in [1.82, 2.24) is 0 Å². The Bertz CT molecular complexity index is 6770. The van der Waals surface area contributed by atoms with E-state index in [0.29, 0.717) is 72.0 Å². The van der Waals surface area contributed by atoms with Crippen LogP contribution in [-0.2, 0) is 19.3 Å². The maximum atomic E-state index is 12.4. The Kier molecular flexibility index (Phi) is 31.3. The fourth-order valence-electron chi connectivity index (χ4n) is 13.5. The van der Waals surface area contributed by atoms with Gasteiger partial charge in [0.25, 0.3) is 0 Å². The molecule has 0 unspecified atom stereocenters. The van der Waals surface area contributed by atoms with Gasteiger partial charge >= 0.3 is 23.9 Å². The monoisotopic (exact) mass is 1820 g/mol. The first-order chi connectivity index (χ1) is 62.3. The fraction of sp³-hybridized carbons (Fsp3) is 0.0404. The van der Waals surface area contributed by atoms with Crippen LogP contribution < -0.4 is 10.5 Å². The molecule has 2 aliphatic rings. The number of ketones is 7. The van der Waals surface area contributed by atoms with Crippen molar-refractivity contribution in [2.75, 3.05) is 12.8 Å². The molecular weight excluding hydrogens is 1750 g/mol. The van der Waals surface area contributed by atoms with E-state index in [0.717, 1.165) is 29.7 Å². The first kappa shape index (κ1) is 96.1. The molecule has 0 aliphatic heterocycles. The Morgan fingerprint density at radius 3 is 1.08 bits per heavy atom. The van der Waals surface area contributed by atoms with Crippen molar-refractivity contribution in [1.29, 1.82) is 0 Å². The first-order valence-corrected chi connectivity index (χ1v) is 39.8. The number of hydrogen-bond donors (Lipinski definition) is 20. The summed E-state index contributed by atoms with van der Waals surface area (Å²) in [7, 11) is 1.23. The third kappa shape index (κ3) is 22.8. The highest BCUT2D eigenvalue weighted by molar-refractivity contribution is 7.81. The molecule has 16 rings (SSSR count). The number of ether oxygens (including phenoxy) is 1. The van der Waals surface area contributed by atoms with Crippen molar-refractivity contribution < 1.29 is 139 Å². The number of phenols is 12. The van der Waals surface area contributed by atoms with Gasteiger partial charge in [-0.3, -0.25) is 33.6 Å². The number of rotatable bonds is 15. The summed E-state index contributed by atoms with van der Waals surface area (Å²) in [5.74, 6) is -10.4. The number of carbonyl (C=O) groups excluding carboxylic acids is 7. The van der Waals surface area contributed by atoms with Gasteiger partial charge in [-0.2, -0.15) is 0 Å². The van der Waals surface area contributed by atoms with Crippen LogP contribution in [0.15, 0.2) is 288 Å². The van der Waals surface area contributed by atoms with Gasteiger partial charge in [0.2, 0.25) is 5.75 Å². The largest absolute Gasteiger partial charge is 0.508 e. The Balaban J connectivity index is 0.000000159. The topological polar surface area (TPSA) is 547 Å². The Hall–Kier alpha value is -17.1. The van der Waals surface area contributed by atoms with Crippen LogP contribution in [0.3, 0.4) is 0 Å². The zero-order valence-corrected chi connectivity index (χ0v) is 70.8. The number of thiol groups is 3. The van der Waals surface area contributed by atoms with Crippen LogP contribution in [0.25, 0.3) is 0 Å². The molecule has 0 amide bonds. The van der Waals surface area contributed by atoms with Gasteiger partial charge in [0.1, 0.15) is 57.4 Å². The Labute approximate surface area is 759 Å². The molecule has 0 fully saturated rings. The summed E-state index contributed by atoms with van der Waals surface area (Å²) in [5.41, 5.74) is 10.7. The molecule has 18 N–H and O–H groups in total. The number of phenolic OH excluding ortho intramolecular Hbond substituents is 12. The predicted octanol–water partition coefficient (Wildman–Crippen LogP) is 16.1. The van der Waals surface area contributed by atoms with Crippen molar-refractivity contribution in [2.24, 2.45) is 0 Å². The molecule has 29 nitrogen and oxygen atoms in total. The number of anilines is 1. The number of aromatic hydroxyl groups is 12. The van der Waals surface area contributed by atoms with E-state index < -0.39 is 52.7 Å². The summed E-state index contributed by atoms with van der Waals surface area (Å²) in [6, 6.07) is 66.9. The average molecular weight is 1820 g/mol. The molecule has 0 spiro atoms. The summed E-state index contributed by atoms with van der Waals surface area (Å²) in [6.45, 7) is 0. The van der Waals surface area contributed by atoms with E-state index in [9.17, 15) is 104 Å². The molecule has 14 aromatic carbocycles. The van der Waals surface area contributed by atoms with Crippen molar-refractivity contribution in [3.05, 3.63) is 395 Å². The van der Waals surface area contributed by atoms with Crippen molar-refractivity contribution >= 4 is 108 Å². The van der Waals surface area contributed by atoms with Crippen LogP contribution in [0.1, 0.15) is 175 Å². The maximum Gasteiger partial charge on any atom is 0.336 e. The summed E-state index contributed by atoms with van der Waals surface area (Å²) in [5, 5.41) is 151. The van der Waals surface area contributed by atoms with E-state index in [2.05, 4.69) is 37.9 Å². The summed E-state index contributed by atoms with van der Waals surface area (Å²) >= 11 is 12.5. The van der Waals surface area contributed by atoms with Crippen LogP contribution in [0.2, 0.25) is 0 Å². The molecule has 0 bridgehead atoms. The van der Waals surface area contributed by atoms with Gasteiger partial charge in [0.15, 0.2) is 57.7 Å². The van der Waals surface area contributed by atoms with Gasteiger partial charge in [-0.05, 0) is 175 Å². The molecule has 2 aliphatic carbocycles. The summed E-state index contributed by atoms with van der Waals surface area (Å²) in [4.78, 5) is 132. The lowest BCUT2D eigenvalue weighted by atomic mass is 9.84. The number of hydrogen-bond acceptors (Lipinski definition) is 28. The highest BCUT2D eigenvalue weighted by Gasteiger charge is 2.30. The molecule has 131 heavy (non-hydrogen) atoms. The molecule has 662 valence electrons. The SMILES string of the molecule is COc1c(O)ccc(C(=O)c2ccccc2C(=O)O)c1O.Nc1c(O)ccc(C(=O)c2ccccc2C(=O)O)c1O.O=C(O)c1ccccc1C(=O)c1ccc(O)cc1S.O=C(O)c1ccccc1C(=O)c1ccc(S)cc1S.O=C(c1ccc(O)cc1)c1ccc(O)cc1O.O=C1c2ccccc2CCc2cc(O)cc(O)c21.O=C1c2ccccc2Cc2cc(O)cc(O)c21. The minimum Gasteiger partial charge on any atom is -0.508 e. The molecule has 0 radical (unpaired) electrons. The minimum absolute atomic E-state index is 0.00642. The molecule has 0 heterocycles. The number of carboxylic acids is 4. The predicted molar refractivity (Wildman–Crippen MR) is 485 cm³/mol. The van der Waals surface area contributed by atoms with Crippen LogP contribution in [0.5, 0.6) is 74.7 Å². The number of nitrogens with two attached hydrogens (primary N) is 1. The molecule has 0 atom stereocenters. The number of fused-ring (bicyclic) bond motifs is 4. The number of aryl methyl sites for hydroxylation is 2. The van der Waals surface area contributed by atoms with E-state index in [1.807, 2.05) is 30.3 Å². The molecule has 0 aromatic heterocycles. The third-order valence-electron chi connectivity index (χ3n) is 19.8. The minimum atomic E-state index is -1.25. The number of nitrogen functional groups attached to an aromatic ring is 1. The second-order valence-corrected chi connectivity index (χ2v) is 29.7. The highest BCUT2D eigenvalue weighted by Crippen LogP contribution is 2.42. The second kappa shape index (κ2) is 42.7. The van der Waals surface area contributed by atoms with E-state index in [1.54, 1.807) is 66.7 Å². The number of carbonyl (C=O) groups is 11. The molecular formula is C99H75NO28S3. The van der Waals surface area contributed by atoms with Crippen LogP contribution in [0, 0.1) is 0 Å². The van der Waals surface area contributed by atoms with Gasteiger partial charge in [0, 0.05) is 83.0 Å². The molecule has 14 aromatic rings. The molecule has 0 saturated carbocycles. The standard InChI is InChI=1S/C15H12O6.C15H12O3.C14H11NO5.C14H10O4S.C14H10O3S2.C14H10O3.C13H10O4/c1-21-14-11(16)7-6-10(13(14)18)12(17)8-4-2-3-5-9(8)15(19)20;16-11-7-10-6-5-9-3-1-2-4-12(9)15(18)14(10)13(17)8-11;15-11-10(16)6-5-9(13(11)18)12(17)7-3-1-2-4-8(7)14(19)20;15-8-5-6-11(12(19)7-8)13(16)9-3-1-2-4-10(9)14(17)18;15-13(11-6-5-8(18)7-12(11)19)9-3-1-2-4-10(9)14(16)17;15-10-6-9-5-8-3-1-2-4-11(8)14(17)13(9)12(16)7-10;14-9-3-1-8(2-4-9)13(17)11-6-5-10(15)7-12(11)16/h2-7,16,18H,1H3,(H,19,20);1-4,7-8,16-17H,5-6H2;1-6,16,18H,15H2,(H,19,20);1-7,15,19H,(H,17,18);1-7,18-19H,(H,16,17);1-4,6-7,15-16H,5H2;1-7,14-16H. The van der Waals surface area contributed by atoms with Gasteiger partial charge in [0.05, 0.1) is 57.2 Å². The zero-order valence-electron chi connectivity index (χ0n) is 68.1. The maximum absolute atomic E-state index is 12.4. The first-order valence-electron chi connectivity index (χ1n) is 38.4. The number of methoxy groups -OCH3 is 1. The normalized spacial score (nSPS) is 11.0. The third-order valence-corrected chi connectivity index (χ3v) is 20.8. The van der Waals surface area contributed by atoms with Crippen LogP contribution >= 0.6 is 37.9 Å². The van der Waals surface area contributed by atoms with E-state index in [1.165, 1.54) is 171 Å². The fourth-order valence-corrected chi connectivity index (χ4v) is 14.4. The van der Waals surface area contributed by atoms with Crippen molar-refractivity contribution in [3.8, 4) is 74.7 Å². The average Bonchev–Trinajstić information content (AvgIpc) is 1.15. The Morgan fingerprint density at radius 2 is 0.634 bits per heavy atom. The van der Waals surface area contributed by atoms with Crippen molar-refractivity contribution in [2.45, 2.75) is 33.9 Å². The summed E-state index contributed by atoms with van der Waals surface area (Å²) in [6.07, 6.45) is 1.93. The van der Waals surface area contributed by atoms with Crippen LogP contribution in [0.4, 0.5) is 5.69 Å². The summed E-state index contributed by atoms with van der Waals surface area (Å²) < 4.78 is 4.81. The van der Waals surface area contributed by atoms with E-state index in [4.69, 9.17) is 41.1 Å². The number of aromatic carboxylic acids is 4. The quantitative estimate of drug-likeness (QED) is 0.0196. The Morgan fingerprint density at radius 1 is 0.290 bits per heavy atom.